The lowest BCUT2D eigenvalue weighted by Gasteiger charge is -2.07. The minimum atomic E-state index is -0.0340. The summed E-state index contributed by atoms with van der Waals surface area (Å²) in [6, 6.07) is 9.96. The van der Waals surface area contributed by atoms with Gasteiger partial charge >= 0.3 is 0 Å². The summed E-state index contributed by atoms with van der Waals surface area (Å²) in [6.45, 7) is 4.74. The molecule has 1 aromatic carbocycles. The molecule has 0 aliphatic heterocycles. The topological polar surface area (TPSA) is 67.0 Å². The maximum Gasteiger partial charge on any atom is 0.222 e. The van der Waals surface area contributed by atoms with Crippen molar-refractivity contribution in [2.75, 3.05) is 6.61 Å². The Bertz CT molecular complexity index is 564. The van der Waals surface area contributed by atoms with Gasteiger partial charge in [0.25, 0.3) is 0 Å². The molecule has 2 N–H and O–H groups in total. The lowest BCUT2D eigenvalue weighted by atomic mass is 10.2. The largest absolute Gasteiger partial charge is 0.378 e. The maximum atomic E-state index is 11.6. The third-order valence-corrected chi connectivity index (χ3v) is 2.95. The number of carbonyl (C=O) groups is 1. The van der Waals surface area contributed by atoms with Gasteiger partial charge in [0.2, 0.25) is 5.91 Å². The Morgan fingerprint density at radius 1 is 1.33 bits per heavy atom. The number of ether oxygens (including phenoxy) is 1. The molecule has 0 saturated carbocycles. The van der Waals surface area contributed by atoms with Gasteiger partial charge in [0.05, 0.1) is 31.1 Å². The number of aromatic amines is 1. The number of hydrogen-bond donors (Lipinski definition) is 2. The third kappa shape index (κ3) is 5.04. The van der Waals surface area contributed by atoms with Crippen molar-refractivity contribution in [3.63, 3.8) is 0 Å². The second kappa shape index (κ2) is 7.59. The van der Waals surface area contributed by atoms with Crippen LogP contribution in [0.4, 0.5) is 0 Å². The molecule has 0 aliphatic rings. The SMILES string of the molecule is CC(C)OCCC(=O)NCc1ncc(-c2ccccc2)[nH]1. The van der Waals surface area contributed by atoms with Crippen molar-refractivity contribution in [2.24, 2.45) is 0 Å². The van der Waals surface area contributed by atoms with E-state index in [9.17, 15) is 4.79 Å². The van der Waals surface area contributed by atoms with Gasteiger partial charge in [-0.1, -0.05) is 30.3 Å². The van der Waals surface area contributed by atoms with E-state index in [1.54, 1.807) is 6.20 Å². The van der Waals surface area contributed by atoms with Gasteiger partial charge in [0.1, 0.15) is 5.82 Å². The van der Waals surface area contributed by atoms with E-state index in [-0.39, 0.29) is 12.0 Å². The van der Waals surface area contributed by atoms with Crippen LogP contribution in [0, 0.1) is 0 Å². The van der Waals surface area contributed by atoms with Crippen molar-refractivity contribution in [3.8, 4) is 11.3 Å². The molecule has 0 atom stereocenters. The van der Waals surface area contributed by atoms with Gasteiger partial charge in [-0.3, -0.25) is 4.79 Å². The van der Waals surface area contributed by atoms with Crippen molar-refractivity contribution in [3.05, 3.63) is 42.4 Å². The number of imidazole rings is 1. The van der Waals surface area contributed by atoms with E-state index in [0.717, 1.165) is 17.1 Å². The Hall–Kier alpha value is -2.14. The summed E-state index contributed by atoms with van der Waals surface area (Å²) in [5, 5.41) is 2.82. The number of carbonyl (C=O) groups excluding carboxylic acids is 1. The van der Waals surface area contributed by atoms with Gasteiger partial charge in [-0.15, -0.1) is 0 Å². The van der Waals surface area contributed by atoms with E-state index in [2.05, 4.69) is 15.3 Å². The molecule has 0 spiro atoms. The van der Waals surface area contributed by atoms with Crippen LogP contribution in [0.1, 0.15) is 26.1 Å². The summed E-state index contributed by atoms with van der Waals surface area (Å²) in [5.41, 5.74) is 2.02. The van der Waals surface area contributed by atoms with Crippen LogP contribution in [0.25, 0.3) is 11.3 Å². The molecule has 1 amide bonds. The molecule has 5 nitrogen and oxygen atoms in total. The molecule has 112 valence electrons. The predicted molar refractivity (Wildman–Crippen MR) is 81.6 cm³/mol. The van der Waals surface area contributed by atoms with Crippen LogP contribution in [-0.2, 0) is 16.1 Å². The van der Waals surface area contributed by atoms with Crippen LogP contribution in [0.5, 0.6) is 0 Å². The molecule has 0 unspecified atom stereocenters. The summed E-state index contributed by atoms with van der Waals surface area (Å²) >= 11 is 0. The number of benzene rings is 1. The molecule has 0 bridgehead atoms. The molecular weight excluding hydrogens is 266 g/mol. The summed E-state index contributed by atoms with van der Waals surface area (Å²) in [6.07, 6.45) is 2.29. The molecule has 0 radical (unpaired) electrons. The zero-order chi connectivity index (χ0) is 15.1. The van der Waals surface area contributed by atoms with Crippen LogP contribution in [-0.4, -0.2) is 28.6 Å². The van der Waals surface area contributed by atoms with E-state index >= 15 is 0 Å². The minimum absolute atomic E-state index is 0.0340. The molecule has 21 heavy (non-hydrogen) atoms. The van der Waals surface area contributed by atoms with Gasteiger partial charge < -0.3 is 15.0 Å². The second-order valence-corrected chi connectivity index (χ2v) is 5.06. The number of rotatable bonds is 7. The first-order valence-electron chi connectivity index (χ1n) is 7.13. The number of aromatic nitrogens is 2. The first-order chi connectivity index (χ1) is 10.1. The molecule has 1 heterocycles. The summed E-state index contributed by atoms with van der Waals surface area (Å²) in [7, 11) is 0. The highest BCUT2D eigenvalue weighted by molar-refractivity contribution is 5.75. The fraction of sp³-hybridized carbons (Fsp3) is 0.375. The fourth-order valence-corrected chi connectivity index (χ4v) is 1.87. The lowest BCUT2D eigenvalue weighted by molar-refractivity contribution is -0.122. The van der Waals surface area contributed by atoms with Gasteiger partial charge in [-0.25, -0.2) is 4.98 Å². The molecule has 1 aromatic heterocycles. The highest BCUT2D eigenvalue weighted by Gasteiger charge is 2.06. The van der Waals surface area contributed by atoms with Crippen molar-refractivity contribution in [1.82, 2.24) is 15.3 Å². The third-order valence-electron chi connectivity index (χ3n) is 2.95. The van der Waals surface area contributed by atoms with Crippen LogP contribution >= 0.6 is 0 Å². The average molecular weight is 287 g/mol. The van der Waals surface area contributed by atoms with Crippen molar-refractivity contribution < 1.29 is 9.53 Å². The highest BCUT2D eigenvalue weighted by Crippen LogP contribution is 2.15. The zero-order valence-electron chi connectivity index (χ0n) is 12.4. The Labute approximate surface area is 124 Å². The molecule has 5 heteroatoms. The number of amides is 1. The van der Waals surface area contributed by atoms with Crippen molar-refractivity contribution in [1.29, 1.82) is 0 Å². The van der Waals surface area contributed by atoms with Crippen LogP contribution in [0.2, 0.25) is 0 Å². The standard InChI is InChI=1S/C16H21N3O2/c1-12(2)21-9-8-16(20)18-11-15-17-10-14(19-15)13-6-4-3-5-7-13/h3-7,10,12H,8-9,11H2,1-2H3,(H,17,19)(H,18,20). The fourth-order valence-electron chi connectivity index (χ4n) is 1.87. The summed E-state index contributed by atoms with van der Waals surface area (Å²) in [4.78, 5) is 19.1. The number of hydrogen-bond acceptors (Lipinski definition) is 3. The van der Waals surface area contributed by atoms with Gasteiger partial charge in [-0.2, -0.15) is 0 Å². The second-order valence-electron chi connectivity index (χ2n) is 5.06. The summed E-state index contributed by atoms with van der Waals surface area (Å²) in [5.74, 6) is 0.709. The van der Waals surface area contributed by atoms with E-state index in [4.69, 9.17) is 4.74 Å². The molecule has 0 saturated heterocycles. The maximum absolute atomic E-state index is 11.6. The number of nitrogens with zero attached hydrogens (tertiary/aromatic N) is 1. The molecule has 0 fully saturated rings. The molecule has 0 aliphatic carbocycles. The normalized spacial score (nSPS) is 10.8. The Kier molecular flexibility index (Phi) is 5.51. The van der Waals surface area contributed by atoms with Crippen molar-refractivity contribution >= 4 is 5.91 Å². The van der Waals surface area contributed by atoms with Crippen LogP contribution in [0.3, 0.4) is 0 Å². The van der Waals surface area contributed by atoms with Crippen LogP contribution in [0.15, 0.2) is 36.5 Å². The molecule has 2 rings (SSSR count). The van der Waals surface area contributed by atoms with Crippen molar-refractivity contribution in [2.45, 2.75) is 32.9 Å². The predicted octanol–water partition coefficient (Wildman–Crippen LogP) is 2.51. The zero-order valence-corrected chi connectivity index (χ0v) is 12.4. The molecular formula is C16H21N3O2. The number of H-pyrrole nitrogens is 1. The van der Waals surface area contributed by atoms with Gasteiger partial charge in [0, 0.05) is 6.42 Å². The van der Waals surface area contributed by atoms with Crippen LogP contribution < -0.4 is 5.32 Å². The Morgan fingerprint density at radius 2 is 2.10 bits per heavy atom. The Morgan fingerprint density at radius 3 is 2.81 bits per heavy atom. The van der Waals surface area contributed by atoms with E-state index in [0.29, 0.717) is 19.6 Å². The monoisotopic (exact) mass is 287 g/mol. The van der Waals surface area contributed by atoms with E-state index in [1.807, 2.05) is 44.2 Å². The molecule has 2 aromatic rings. The Balaban J connectivity index is 1.79. The van der Waals surface area contributed by atoms with Gasteiger partial charge in [-0.05, 0) is 19.4 Å². The van der Waals surface area contributed by atoms with E-state index < -0.39 is 0 Å². The smallest absolute Gasteiger partial charge is 0.222 e. The summed E-state index contributed by atoms with van der Waals surface area (Å²) < 4.78 is 5.34. The first kappa shape index (κ1) is 15.3. The van der Waals surface area contributed by atoms with Gasteiger partial charge in [0.15, 0.2) is 0 Å². The lowest BCUT2D eigenvalue weighted by Crippen LogP contribution is -2.25. The van der Waals surface area contributed by atoms with E-state index in [1.165, 1.54) is 0 Å². The number of nitrogens with one attached hydrogen (secondary N) is 2. The minimum Gasteiger partial charge on any atom is -0.378 e. The quantitative estimate of drug-likeness (QED) is 0.822. The first-order valence-corrected chi connectivity index (χ1v) is 7.13. The highest BCUT2D eigenvalue weighted by atomic mass is 16.5. The average Bonchev–Trinajstić information content (AvgIpc) is 2.94.